The van der Waals surface area contributed by atoms with Gasteiger partial charge < -0.3 is 34.9 Å². The number of rotatable bonds is 10. The summed E-state index contributed by atoms with van der Waals surface area (Å²) in [6.07, 6.45) is 0. The van der Waals surface area contributed by atoms with Gasteiger partial charge in [-0.05, 0) is 41.3 Å². The van der Waals surface area contributed by atoms with Crippen LogP contribution in [0.15, 0.2) is 60.7 Å². The molecule has 0 radical (unpaired) electrons. The third kappa shape index (κ3) is 5.35. The molecule has 0 spiro atoms. The van der Waals surface area contributed by atoms with Crippen LogP contribution in [0.2, 0.25) is 0 Å². The normalized spacial score (nSPS) is 17.3. The number of carbonyl (C=O) groups is 2. The van der Waals surface area contributed by atoms with Crippen LogP contribution in [-0.4, -0.2) is 46.3 Å². The van der Waals surface area contributed by atoms with E-state index in [-0.39, 0.29) is 23.8 Å². The first-order valence-electron chi connectivity index (χ1n) is 12.7. The molecule has 3 N–H and O–H groups in total. The Labute approximate surface area is 228 Å². The molecule has 9 nitrogen and oxygen atoms in total. The Hall–Kier alpha value is -4.24. The summed E-state index contributed by atoms with van der Waals surface area (Å²) >= 11 is 0. The highest BCUT2D eigenvalue weighted by molar-refractivity contribution is 6.07. The summed E-state index contributed by atoms with van der Waals surface area (Å²) < 4.78 is 21.9. The molecule has 2 amide bonds. The first-order chi connectivity index (χ1) is 18.7. The number of β-lactam (4-membered cyclic amide) rings is 1. The molecule has 0 aliphatic carbocycles. The molecule has 3 aromatic carbocycles. The smallest absolute Gasteiger partial charge is 0.241 e. The fraction of sp³-hybridized carbons (Fsp3) is 0.333. The van der Waals surface area contributed by atoms with Crippen molar-refractivity contribution in [3.63, 3.8) is 0 Å². The van der Waals surface area contributed by atoms with Gasteiger partial charge in [0.1, 0.15) is 5.75 Å². The van der Waals surface area contributed by atoms with Crippen LogP contribution < -0.4 is 34.9 Å². The van der Waals surface area contributed by atoms with Crippen LogP contribution in [0.25, 0.3) is 0 Å². The van der Waals surface area contributed by atoms with Crippen molar-refractivity contribution >= 4 is 23.2 Å². The molecule has 39 heavy (non-hydrogen) atoms. The summed E-state index contributed by atoms with van der Waals surface area (Å²) in [6, 6.07) is 17.6. The van der Waals surface area contributed by atoms with E-state index in [1.807, 2.05) is 50.2 Å². The minimum atomic E-state index is -0.607. The Balaban J connectivity index is 1.70. The van der Waals surface area contributed by atoms with Gasteiger partial charge in [-0.3, -0.25) is 9.59 Å². The first-order valence-corrected chi connectivity index (χ1v) is 12.7. The molecule has 3 atom stereocenters. The van der Waals surface area contributed by atoms with Gasteiger partial charge in [-0.2, -0.15) is 0 Å². The number of ether oxygens (including phenoxy) is 4. The lowest BCUT2D eigenvalue weighted by molar-refractivity contribution is -0.126. The Morgan fingerprint density at radius 1 is 0.846 bits per heavy atom. The second kappa shape index (κ2) is 11.7. The molecular weight excluding hydrogens is 498 g/mol. The monoisotopic (exact) mass is 533 g/mol. The van der Waals surface area contributed by atoms with E-state index in [0.29, 0.717) is 28.6 Å². The van der Waals surface area contributed by atoms with Crippen LogP contribution in [0.4, 0.5) is 11.4 Å². The lowest BCUT2D eigenvalue weighted by Crippen LogP contribution is -2.53. The van der Waals surface area contributed by atoms with E-state index < -0.39 is 12.0 Å². The Kier molecular flexibility index (Phi) is 8.30. The minimum Gasteiger partial charge on any atom is -0.497 e. The number of benzene rings is 3. The SMILES string of the molecule is COc1ccc([C@H]2[C@H](c3ccc(NC(=O)[C@@H](N)C(C)C)cc3)C(=O)N2c2cc(OC)c(OC)c(OC)c2)cc1. The standard InChI is InChI=1S/C30H35N3O6/c1-17(2)26(31)29(34)32-20-11-7-18(8-12-20)25-27(19-9-13-22(36-3)14-10-19)33(30(25)35)21-15-23(37-4)28(39-6)24(16-21)38-5/h7-17,25-27H,31H2,1-6H3,(H,32,34)/t25-,26-,27-/m0/s1. The van der Waals surface area contributed by atoms with E-state index in [1.165, 1.54) is 21.3 Å². The molecule has 206 valence electrons. The van der Waals surface area contributed by atoms with Gasteiger partial charge in [0.05, 0.1) is 52.1 Å². The zero-order valence-electron chi connectivity index (χ0n) is 23.1. The van der Waals surface area contributed by atoms with Gasteiger partial charge in [-0.1, -0.05) is 38.1 Å². The molecule has 0 saturated carbocycles. The lowest BCUT2D eigenvalue weighted by Gasteiger charge is -2.48. The largest absolute Gasteiger partial charge is 0.497 e. The summed E-state index contributed by atoms with van der Waals surface area (Å²) in [7, 11) is 6.23. The first kappa shape index (κ1) is 27.8. The maximum Gasteiger partial charge on any atom is 0.241 e. The van der Waals surface area contributed by atoms with Crippen molar-refractivity contribution in [1.82, 2.24) is 0 Å². The van der Waals surface area contributed by atoms with Crippen molar-refractivity contribution in [2.75, 3.05) is 38.7 Å². The van der Waals surface area contributed by atoms with E-state index in [1.54, 1.807) is 36.3 Å². The number of methoxy groups -OCH3 is 4. The molecule has 1 saturated heterocycles. The predicted octanol–water partition coefficient (Wildman–Crippen LogP) is 4.51. The second-order valence-electron chi connectivity index (χ2n) is 9.67. The Morgan fingerprint density at radius 3 is 1.90 bits per heavy atom. The molecule has 1 aliphatic heterocycles. The quantitative estimate of drug-likeness (QED) is 0.369. The Morgan fingerprint density at radius 2 is 1.41 bits per heavy atom. The lowest BCUT2D eigenvalue weighted by atomic mass is 9.77. The predicted molar refractivity (Wildman–Crippen MR) is 150 cm³/mol. The van der Waals surface area contributed by atoms with Crippen LogP contribution >= 0.6 is 0 Å². The van der Waals surface area contributed by atoms with E-state index >= 15 is 0 Å². The second-order valence-corrected chi connectivity index (χ2v) is 9.67. The van der Waals surface area contributed by atoms with Gasteiger partial charge in [0, 0.05) is 17.8 Å². The van der Waals surface area contributed by atoms with Gasteiger partial charge in [-0.25, -0.2) is 0 Å². The van der Waals surface area contributed by atoms with Crippen molar-refractivity contribution in [2.45, 2.75) is 31.8 Å². The van der Waals surface area contributed by atoms with Gasteiger partial charge in [0.15, 0.2) is 11.5 Å². The minimum absolute atomic E-state index is 0.0170. The highest BCUT2D eigenvalue weighted by Crippen LogP contribution is 2.52. The number of amides is 2. The molecule has 0 aromatic heterocycles. The fourth-order valence-corrected chi connectivity index (χ4v) is 4.75. The van der Waals surface area contributed by atoms with Crippen LogP contribution in [0.1, 0.15) is 36.9 Å². The van der Waals surface area contributed by atoms with Crippen molar-refractivity contribution in [3.8, 4) is 23.0 Å². The Bertz CT molecular complexity index is 1300. The van der Waals surface area contributed by atoms with Crippen LogP contribution in [0, 0.1) is 5.92 Å². The van der Waals surface area contributed by atoms with Gasteiger partial charge in [-0.15, -0.1) is 0 Å². The number of nitrogens with one attached hydrogen (secondary N) is 1. The number of anilines is 2. The van der Waals surface area contributed by atoms with Crippen LogP contribution in [0.5, 0.6) is 23.0 Å². The molecule has 9 heteroatoms. The van der Waals surface area contributed by atoms with Crippen molar-refractivity contribution in [1.29, 1.82) is 0 Å². The summed E-state index contributed by atoms with van der Waals surface area (Å²) in [5.74, 6) is 1.32. The number of nitrogens with zero attached hydrogens (tertiary/aromatic N) is 1. The average Bonchev–Trinajstić information content (AvgIpc) is 2.95. The summed E-state index contributed by atoms with van der Waals surface area (Å²) in [4.78, 5) is 27.9. The third-order valence-electron chi connectivity index (χ3n) is 7.04. The molecule has 1 fully saturated rings. The third-order valence-corrected chi connectivity index (χ3v) is 7.04. The van der Waals surface area contributed by atoms with Gasteiger partial charge in [0.25, 0.3) is 0 Å². The molecule has 1 aliphatic rings. The number of carbonyl (C=O) groups excluding carboxylic acids is 2. The number of nitrogens with two attached hydrogens (primary N) is 1. The zero-order valence-corrected chi connectivity index (χ0v) is 23.1. The molecule has 3 aromatic rings. The van der Waals surface area contributed by atoms with Crippen LogP contribution in [0.3, 0.4) is 0 Å². The number of hydrogen-bond acceptors (Lipinski definition) is 7. The van der Waals surface area contributed by atoms with Gasteiger partial charge in [0.2, 0.25) is 17.6 Å². The van der Waals surface area contributed by atoms with Crippen molar-refractivity contribution in [3.05, 3.63) is 71.8 Å². The number of hydrogen-bond donors (Lipinski definition) is 2. The summed E-state index contributed by atoms with van der Waals surface area (Å²) in [5.41, 5.74) is 8.98. The van der Waals surface area contributed by atoms with Crippen molar-refractivity contribution in [2.24, 2.45) is 11.7 Å². The maximum absolute atomic E-state index is 13.8. The maximum atomic E-state index is 13.8. The highest BCUT2D eigenvalue weighted by atomic mass is 16.5. The topological polar surface area (TPSA) is 112 Å². The fourth-order valence-electron chi connectivity index (χ4n) is 4.75. The van der Waals surface area contributed by atoms with E-state index in [0.717, 1.165) is 16.9 Å². The van der Waals surface area contributed by atoms with Crippen LogP contribution in [-0.2, 0) is 9.59 Å². The van der Waals surface area contributed by atoms with E-state index in [4.69, 9.17) is 24.7 Å². The highest BCUT2D eigenvalue weighted by Gasteiger charge is 2.50. The van der Waals surface area contributed by atoms with Gasteiger partial charge >= 0.3 is 0 Å². The van der Waals surface area contributed by atoms with E-state index in [2.05, 4.69) is 5.32 Å². The van der Waals surface area contributed by atoms with E-state index in [9.17, 15) is 9.59 Å². The molecule has 1 heterocycles. The summed E-state index contributed by atoms with van der Waals surface area (Å²) in [6.45, 7) is 3.79. The molecule has 4 rings (SSSR count). The molecule has 0 bridgehead atoms. The molecular formula is C30H35N3O6. The molecule has 0 unspecified atom stereocenters. The zero-order chi connectivity index (χ0) is 28.3. The average molecular weight is 534 g/mol. The summed E-state index contributed by atoms with van der Waals surface area (Å²) in [5, 5.41) is 2.85. The van der Waals surface area contributed by atoms with Crippen molar-refractivity contribution < 1.29 is 28.5 Å².